The van der Waals surface area contributed by atoms with Crippen LogP contribution in [-0.4, -0.2) is 52.7 Å². The fourth-order valence-corrected chi connectivity index (χ4v) is 3.94. The third-order valence-electron chi connectivity index (χ3n) is 5.56. The van der Waals surface area contributed by atoms with E-state index in [9.17, 15) is 4.39 Å². The molecular weight excluding hydrogens is 385 g/mol. The average molecular weight is 409 g/mol. The van der Waals surface area contributed by atoms with Crippen LogP contribution in [0.1, 0.15) is 25.5 Å². The number of ether oxygens (including phenoxy) is 2. The lowest BCUT2D eigenvalue weighted by Gasteiger charge is -2.27. The van der Waals surface area contributed by atoms with Gasteiger partial charge in [0.15, 0.2) is 0 Å². The van der Waals surface area contributed by atoms with Crippen molar-refractivity contribution in [2.45, 2.75) is 25.5 Å². The van der Waals surface area contributed by atoms with Crippen LogP contribution >= 0.6 is 0 Å². The van der Waals surface area contributed by atoms with Crippen LogP contribution in [0.25, 0.3) is 22.5 Å². The molecule has 2 saturated heterocycles. The SMILES string of the molecule is Fc1ccc(-c2nn(C3CCCCO3)cc2-c2cc(N3CCOCC3)ncn2)cc1. The van der Waals surface area contributed by atoms with Crippen molar-refractivity contribution in [3.8, 4) is 22.5 Å². The second-order valence-corrected chi connectivity index (χ2v) is 7.56. The summed E-state index contributed by atoms with van der Waals surface area (Å²) in [7, 11) is 0. The maximum absolute atomic E-state index is 13.5. The molecule has 3 aromatic rings. The predicted octanol–water partition coefficient (Wildman–Crippen LogP) is 3.68. The summed E-state index contributed by atoms with van der Waals surface area (Å²) in [4.78, 5) is 11.2. The van der Waals surface area contributed by atoms with Gasteiger partial charge in [-0.2, -0.15) is 5.10 Å². The number of hydrogen-bond donors (Lipinski definition) is 0. The van der Waals surface area contributed by atoms with Crippen molar-refractivity contribution >= 4 is 5.82 Å². The van der Waals surface area contributed by atoms with E-state index in [4.69, 9.17) is 14.6 Å². The molecule has 5 rings (SSSR count). The molecule has 2 aliphatic rings. The van der Waals surface area contributed by atoms with Crippen LogP contribution in [0.3, 0.4) is 0 Å². The van der Waals surface area contributed by atoms with E-state index >= 15 is 0 Å². The Morgan fingerprint density at radius 3 is 2.60 bits per heavy atom. The molecule has 0 saturated carbocycles. The van der Waals surface area contributed by atoms with Gasteiger partial charge in [-0.05, 0) is 43.5 Å². The van der Waals surface area contributed by atoms with E-state index in [1.807, 2.05) is 16.9 Å². The Morgan fingerprint density at radius 1 is 1.00 bits per heavy atom. The largest absolute Gasteiger partial charge is 0.378 e. The highest BCUT2D eigenvalue weighted by Gasteiger charge is 2.22. The van der Waals surface area contributed by atoms with E-state index in [1.54, 1.807) is 18.5 Å². The Hall–Kier alpha value is -2.84. The molecule has 1 atom stereocenters. The standard InChI is InChI=1S/C22H24FN5O2/c23-17-6-4-16(5-7-17)22-18(14-28(26-22)21-3-1-2-10-30-21)19-13-20(25-15-24-19)27-8-11-29-12-9-27/h4-7,13-15,21H,1-3,8-12H2. The Labute approximate surface area is 174 Å². The van der Waals surface area contributed by atoms with Crippen LogP contribution in [-0.2, 0) is 9.47 Å². The summed E-state index contributed by atoms with van der Waals surface area (Å²) >= 11 is 0. The smallest absolute Gasteiger partial charge is 0.150 e. The summed E-state index contributed by atoms with van der Waals surface area (Å²) in [6, 6.07) is 8.39. The minimum Gasteiger partial charge on any atom is -0.378 e. The molecule has 2 fully saturated rings. The summed E-state index contributed by atoms with van der Waals surface area (Å²) in [6.07, 6.45) is 6.59. The number of aromatic nitrogens is 4. The first-order valence-electron chi connectivity index (χ1n) is 10.4. The molecule has 0 N–H and O–H groups in total. The zero-order valence-electron chi connectivity index (χ0n) is 16.7. The summed E-state index contributed by atoms with van der Waals surface area (Å²) in [6.45, 7) is 3.72. The van der Waals surface area contributed by atoms with Crippen molar-refractivity contribution < 1.29 is 13.9 Å². The summed E-state index contributed by atoms with van der Waals surface area (Å²) in [5.41, 5.74) is 3.27. The number of anilines is 1. The second kappa shape index (κ2) is 8.49. The number of morpholine rings is 1. The van der Waals surface area contributed by atoms with Crippen LogP contribution in [0.4, 0.5) is 10.2 Å². The quantitative estimate of drug-likeness (QED) is 0.655. The number of hydrogen-bond acceptors (Lipinski definition) is 6. The summed E-state index contributed by atoms with van der Waals surface area (Å²) < 4.78 is 26.8. The van der Waals surface area contributed by atoms with Gasteiger partial charge in [0.25, 0.3) is 0 Å². The van der Waals surface area contributed by atoms with Gasteiger partial charge in [-0.25, -0.2) is 19.0 Å². The second-order valence-electron chi connectivity index (χ2n) is 7.56. The highest BCUT2D eigenvalue weighted by molar-refractivity contribution is 5.79. The predicted molar refractivity (Wildman–Crippen MR) is 111 cm³/mol. The lowest BCUT2D eigenvalue weighted by Crippen LogP contribution is -2.36. The van der Waals surface area contributed by atoms with Gasteiger partial charge in [-0.1, -0.05) is 0 Å². The molecule has 4 heterocycles. The third kappa shape index (κ3) is 3.93. The molecule has 0 radical (unpaired) electrons. The van der Waals surface area contributed by atoms with Gasteiger partial charge in [0.1, 0.15) is 29.9 Å². The van der Waals surface area contributed by atoms with Crippen molar-refractivity contribution in [3.05, 3.63) is 48.7 Å². The van der Waals surface area contributed by atoms with Crippen molar-refractivity contribution in [1.29, 1.82) is 0 Å². The Bertz CT molecular complexity index is 995. The summed E-state index contributed by atoms with van der Waals surface area (Å²) in [5, 5.41) is 4.83. The van der Waals surface area contributed by atoms with E-state index in [0.29, 0.717) is 13.2 Å². The van der Waals surface area contributed by atoms with E-state index in [0.717, 1.165) is 67.3 Å². The molecule has 0 bridgehead atoms. The molecule has 0 aliphatic carbocycles. The van der Waals surface area contributed by atoms with Crippen molar-refractivity contribution in [2.24, 2.45) is 0 Å². The van der Waals surface area contributed by atoms with E-state index in [2.05, 4.69) is 14.9 Å². The number of benzene rings is 1. The van der Waals surface area contributed by atoms with Gasteiger partial charge in [0.05, 0.1) is 18.9 Å². The van der Waals surface area contributed by atoms with Crippen molar-refractivity contribution in [1.82, 2.24) is 19.7 Å². The van der Waals surface area contributed by atoms with Gasteiger partial charge >= 0.3 is 0 Å². The van der Waals surface area contributed by atoms with Crippen LogP contribution in [0.5, 0.6) is 0 Å². The zero-order chi connectivity index (χ0) is 20.3. The third-order valence-corrected chi connectivity index (χ3v) is 5.56. The molecule has 0 amide bonds. The topological polar surface area (TPSA) is 65.3 Å². The Kier molecular flexibility index (Phi) is 5.42. The average Bonchev–Trinajstić information content (AvgIpc) is 3.26. The molecule has 0 spiro atoms. The first kappa shape index (κ1) is 19.1. The highest BCUT2D eigenvalue weighted by atomic mass is 19.1. The molecule has 7 nitrogen and oxygen atoms in total. The first-order valence-corrected chi connectivity index (χ1v) is 10.4. The lowest BCUT2D eigenvalue weighted by atomic mass is 10.1. The summed E-state index contributed by atoms with van der Waals surface area (Å²) in [5.74, 6) is 0.599. The first-order chi connectivity index (χ1) is 14.8. The normalized spacial score (nSPS) is 19.8. The highest BCUT2D eigenvalue weighted by Crippen LogP contribution is 2.34. The molecule has 30 heavy (non-hydrogen) atoms. The molecule has 1 aromatic carbocycles. The van der Waals surface area contributed by atoms with Crippen molar-refractivity contribution in [2.75, 3.05) is 37.8 Å². The fraction of sp³-hybridized carbons (Fsp3) is 0.409. The van der Waals surface area contributed by atoms with Crippen molar-refractivity contribution in [3.63, 3.8) is 0 Å². The monoisotopic (exact) mass is 409 g/mol. The van der Waals surface area contributed by atoms with Gasteiger partial charge in [0, 0.05) is 43.1 Å². The van der Waals surface area contributed by atoms with Gasteiger partial charge in [0.2, 0.25) is 0 Å². The van der Waals surface area contributed by atoms with Gasteiger partial charge in [-0.3, -0.25) is 0 Å². The number of nitrogens with zero attached hydrogens (tertiary/aromatic N) is 5. The number of halogens is 1. The minimum atomic E-state index is -0.271. The molecule has 1 unspecified atom stereocenters. The molecule has 156 valence electrons. The van der Waals surface area contributed by atoms with Crippen LogP contribution in [0.15, 0.2) is 42.9 Å². The van der Waals surface area contributed by atoms with Crippen LogP contribution in [0.2, 0.25) is 0 Å². The fourth-order valence-electron chi connectivity index (χ4n) is 3.94. The van der Waals surface area contributed by atoms with Gasteiger partial charge in [-0.15, -0.1) is 0 Å². The van der Waals surface area contributed by atoms with Crippen LogP contribution in [0, 0.1) is 5.82 Å². The maximum atomic E-state index is 13.5. The maximum Gasteiger partial charge on any atom is 0.150 e. The molecule has 2 aliphatic heterocycles. The molecule has 2 aromatic heterocycles. The number of rotatable bonds is 4. The van der Waals surface area contributed by atoms with E-state index in [1.165, 1.54) is 12.1 Å². The molecular formula is C22H24FN5O2. The van der Waals surface area contributed by atoms with E-state index in [-0.39, 0.29) is 12.0 Å². The molecule has 8 heteroatoms. The Morgan fingerprint density at radius 2 is 1.83 bits per heavy atom. The zero-order valence-corrected chi connectivity index (χ0v) is 16.7. The van der Waals surface area contributed by atoms with Crippen LogP contribution < -0.4 is 4.90 Å². The lowest BCUT2D eigenvalue weighted by molar-refractivity contribution is -0.0393. The minimum absolute atomic E-state index is 0.0905. The Balaban J connectivity index is 1.55. The van der Waals surface area contributed by atoms with E-state index < -0.39 is 0 Å². The van der Waals surface area contributed by atoms with Gasteiger partial charge < -0.3 is 14.4 Å².